The Morgan fingerprint density at radius 2 is 1.91 bits per heavy atom. The van der Waals surface area contributed by atoms with Crippen LogP contribution in [-0.2, 0) is 9.59 Å². The van der Waals surface area contributed by atoms with Crippen LogP contribution in [0.15, 0.2) is 29.4 Å². The van der Waals surface area contributed by atoms with E-state index in [9.17, 15) is 23.2 Å². The Labute approximate surface area is 191 Å². The first-order valence-electron chi connectivity index (χ1n) is 10.1. The van der Waals surface area contributed by atoms with E-state index >= 15 is 0 Å². The van der Waals surface area contributed by atoms with E-state index in [1.165, 1.54) is 24.3 Å². The molecule has 0 bridgehead atoms. The number of urea groups is 1. The van der Waals surface area contributed by atoms with E-state index in [-0.39, 0.29) is 22.5 Å². The van der Waals surface area contributed by atoms with Crippen molar-refractivity contribution in [2.75, 3.05) is 11.6 Å². The number of carbonyl (C=O) groups excluding carboxylic acids is 3. The summed E-state index contributed by atoms with van der Waals surface area (Å²) in [6.45, 7) is -2.93. The Hall–Kier alpha value is -3.42. The SMILES string of the molecule is Nn1c(SCC(=O)NN2C(=O)NC3(CCCCC3)C2=O)nnc1-c1ccc(OC(F)F)cc1. The van der Waals surface area contributed by atoms with Gasteiger partial charge in [-0.05, 0) is 37.1 Å². The zero-order chi connectivity index (χ0) is 23.6. The molecule has 2 fully saturated rings. The number of ether oxygens (including phenoxy) is 1. The van der Waals surface area contributed by atoms with E-state index in [2.05, 4.69) is 25.7 Å². The predicted molar refractivity (Wildman–Crippen MR) is 112 cm³/mol. The molecule has 0 unspecified atom stereocenters. The average molecular weight is 481 g/mol. The molecule has 14 heteroatoms. The lowest BCUT2D eigenvalue weighted by Crippen LogP contribution is -2.51. The van der Waals surface area contributed by atoms with Crippen LogP contribution in [0, 0.1) is 0 Å². The molecular weight excluding hydrogens is 460 g/mol. The van der Waals surface area contributed by atoms with Crippen molar-refractivity contribution in [2.24, 2.45) is 0 Å². The van der Waals surface area contributed by atoms with Gasteiger partial charge in [-0.15, -0.1) is 10.2 Å². The molecule has 2 heterocycles. The Kier molecular flexibility index (Phi) is 6.35. The van der Waals surface area contributed by atoms with Crippen molar-refractivity contribution in [1.29, 1.82) is 0 Å². The molecule has 4 amide bonds. The molecule has 0 atom stereocenters. The summed E-state index contributed by atoms with van der Waals surface area (Å²) in [5.74, 6) is 5.01. The molecular formula is C19H21F2N7O4S. The van der Waals surface area contributed by atoms with Crippen LogP contribution in [0.3, 0.4) is 0 Å². The highest BCUT2D eigenvalue weighted by Gasteiger charge is 2.52. The lowest BCUT2D eigenvalue weighted by Gasteiger charge is -2.30. The Bertz CT molecular complexity index is 1060. The maximum absolute atomic E-state index is 12.7. The van der Waals surface area contributed by atoms with Gasteiger partial charge in [-0.1, -0.05) is 31.0 Å². The molecule has 1 aromatic carbocycles. The lowest BCUT2D eigenvalue weighted by molar-refractivity contribution is -0.139. The van der Waals surface area contributed by atoms with Crippen molar-refractivity contribution in [3.63, 3.8) is 0 Å². The molecule has 1 aliphatic heterocycles. The van der Waals surface area contributed by atoms with Crippen molar-refractivity contribution in [3.05, 3.63) is 24.3 Å². The van der Waals surface area contributed by atoms with E-state index in [1.54, 1.807) is 0 Å². The molecule has 0 radical (unpaired) electrons. The number of amides is 4. The van der Waals surface area contributed by atoms with Crippen LogP contribution in [0.2, 0.25) is 0 Å². The summed E-state index contributed by atoms with van der Waals surface area (Å²) in [4.78, 5) is 37.3. The molecule has 1 spiro atoms. The van der Waals surface area contributed by atoms with Crippen LogP contribution < -0.4 is 21.3 Å². The Morgan fingerprint density at radius 3 is 2.58 bits per heavy atom. The fourth-order valence-electron chi connectivity index (χ4n) is 3.86. The van der Waals surface area contributed by atoms with Crippen LogP contribution in [-0.4, -0.2) is 55.6 Å². The van der Waals surface area contributed by atoms with Crippen LogP contribution in [0.4, 0.5) is 13.6 Å². The van der Waals surface area contributed by atoms with E-state index in [0.717, 1.165) is 40.7 Å². The summed E-state index contributed by atoms with van der Waals surface area (Å²) in [5.41, 5.74) is 1.91. The molecule has 1 aliphatic carbocycles. The molecule has 2 aromatic rings. The number of imide groups is 1. The number of alkyl halides is 2. The third kappa shape index (κ3) is 4.69. The Balaban J connectivity index is 1.35. The van der Waals surface area contributed by atoms with Gasteiger partial charge >= 0.3 is 12.6 Å². The minimum absolute atomic E-state index is 0.0152. The molecule has 4 rings (SSSR count). The second-order valence-corrected chi connectivity index (χ2v) is 8.56. The normalized spacial score (nSPS) is 17.5. The van der Waals surface area contributed by atoms with Crippen molar-refractivity contribution >= 4 is 29.6 Å². The number of hydrogen-bond donors (Lipinski definition) is 3. The van der Waals surface area contributed by atoms with Crippen molar-refractivity contribution in [2.45, 2.75) is 49.4 Å². The molecule has 11 nitrogen and oxygen atoms in total. The molecule has 1 aromatic heterocycles. The van der Waals surface area contributed by atoms with Gasteiger partial charge in [0.05, 0.1) is 5.75 Å². The second-order valence-electron chi connectivity index (χ2n) is 7.62. The predicted octanol–water partition coefficient (Wildman–Crippen LogP) is 1.64. The van der Waals surface area contributed by atoms with Crippen molar-refractivity contribution in [1.82, 2.24) is 30.6 Å². The van der Waals surface area contributed by atoms with Crippen molar-refractivity contribution in [3.8, 4) is 17.1 Å². The average Bonchev–Trinajstić information content (AvgIpc) is 3.25. The summed E-state index contributed by atoms with van der Waals surface area (Å²) < 4.78 is 30.0. The third-order valence-corrected chi connectivity index (χ3v) is 6.38. The number of hydrazine groups is 1. The number of nitrogens with one attached hydrogen (secondary N) is 2. The zero-order valence-corrected chi connectivity index (χ0v) is 18.1. The number of halogens is 2. The highest BCUT2D eigenvalue weighted by molar-refractivity contribution is 7.99. The number of nitrogens with two attached hydrogens (primary N) is 1. The van der Waals surface area contributed by atoms with Gasteiger partial charge in [0.15, 0.2) is 5.82 Å². The number of thioether (sulfide) groups is 1. The number of hydrogen-bond acceptors (Lipinski definition) is 8. The minimum atomic E-state index is -2.93. The van der Waals surface area contributed by atoms with Crippen molar-refractivity contribution < 1.29 is 27.9 Å². The number of rotatable bonds is 7. The largest absolute Gasteiger partial charge is 0.435 e. The maximum Gasteiger partial charge on any atom is 0.387 e. The second kappa shape index (κ2) is 9.21. The number of nitrogens with zero attached hydrogens (tertiary/aromatic N) is 4. The summed E-state index contributed by atoms with van der Waals surface area (Å²) in [7, 11) is 0. The summed E-state index contributed by atoms with van der Waals surface area (Å²) in [6.07, 6.45) is 3.77. The van der Waals surface area contributed by atoms with Gasteiger partial charge in [0.2, 0.25) is 11.1 Å². The van der Waals surface area contributed by atoms with Crippen LogP contribution in [0.25, 0.3) is 11.4 Å². The minimum Gasteiger partial charge on any atom is -0.435 e. The summed E-state index contributed by atoms with van der Waals surface area (Å²) in [5, 5.41) is 11.5. The zero-order valence-electron chi connectivity index (χ0n) is 17.3. The number of benzene rings is 1. The highest BCUT2D eigenvalue weighted by atomic mass is 32.2. The number of carbonyl (C=O) groups is 3. The summed E-state index contributed by atoms with van der Waals surface area (Å²) in [6, 6.07) is 5.01. The van der Waals surface area contributed by atoms with E-state index in [1.807, 2.05) is 0 Å². The smallest absolute Gasteiger partial charge is 0.387 e. The molecule has 33 heavy (non-hydrogen) atoms. The lowest BCUT2D eigenvalue weighted by atomic mass is 9.82. The Morgan fingerprint density at radius 1 is 1.21 bits per heavy atom. The van der Waals surface area contributed by atoms with Gasteiger partial charge < -0.3 is 15.9 Å². The molecule has 1 saturated heterocycles. The first kappa shape index (κ1) is 22.8. The summed E-state index contributed by atoms with van der Waals surface area (Å²) >= 11 is 0.954. The van der Waals surface area contributed by atoms with E-state index < -0.39 is 30.0 Å². The van der Waals surface area contributed by atoms with Gasteiger partial charge in [-0.25, -0.2) is 9.47 Å². The monoisotopic (exact) mass is 481 g/mol. The van der Waals surface area contributed by atoms with E-state index in [0.29, 0.717) is 18.4 Å². The third-order valence-electron chi connectivity index (χ3n) is 5.44. The van der Waals surface area contributed by atoms with Gasteiger partial charge in [-0.3, -0.25) is 15.0 Å². The molecule has 2 aliphatic rings. The fourth-order valence-corrected chi connectivity index (χ4v) is 4.51. The van der Waals surface area contributed by atoms with Gasteiger partial charge in [-0.2, -0.15) is 13.8 Å². The number of aromatic nitrogens is 3. The van der Waals surface area contributed by atoms with Gasteiger partial charge in [0, 0.05) is 5.56 Å². The topological polar surface area (TPSA) is 144 Å². The highest BCUT2D eigenvalue weighted by Crippen LogP contribution is 2.33. The molecule has 4 N–H and O–H groups in total. The molecule has 1 saturated carbocycles. The number of nitrogen functional groups attached to an aromatic ring is 1. The van der Waals surface area contributed by atoms with Crippen LogP contribution in [0.5, 0.6) is 5.75 Å². The fraction of sp³-hybridized carbons (Fsp3) is 0.421. The standard InChI is InChI=1S/C19H21F2N7O4S/c20-16(21)32-12-6-4-11(5-7-12)14-24-25-18(27(14)22)33-10-13(29)26-28-15(30)19(23-17(28)31)8-2-1-3-9-19/h4-7,16H,1-3,8-10,22H2,(H,23,31)(H,26,29). The van der Waals surface area contributed by atoms with E-state index in [4.69, 9.17) is 5.84 Å². The first-order valence-corrected chi connectivity index (χ1v) is 11.1. The van der Waals surface area contributed by atoms with Crippen LogP contribution >= 0.6 is 11.8 Å². The first-order chi connectivity index (χ1) is 15.8. The van der Waals surface area contributed by atoms with Crippen LogP contribution in [0.1, 0.15) is 32.1 Å². The van der Waals surface area contributed by atoms with Gasteiger partial charge in [0.1, 0.15) is 11.3 Å². The molecule has 176 valence electrons. The van der Waals surface area contributed by atoms with Gasteiger partial charge in [0.25, 0.3) is 5.91 Å². The quantitative estimate of drug-likeness (QED) is 0.308. The maximum atomic E-state index is 12.7.